The van der Waals surface area contributed by atoms with E-state index in [0.717, 1.165) is 56.9 Å². The maximum atomic E-state index is 13.1. The average molecular weight is 400 g/mol. The van der Waals surface area contributed by atoms with Gasteiger partial charge in [-0.3, -0.25) is 14.4 Å². The molecular formula is C23H33N3O3. The second kappa shape index (κ2) is 11.0. The van der Waals surface area contributed by atoms with Crippen molar-refractivity contribution in [2.45, 2.75) is 63.8 Å². The molecule has 6 heteroatoms. The lowest BCUT2D eigenvalue weighted by atomic mass is 10.0. The van der Waals surface area contributed by atoms with Gasteiger partial charge < -0.3 is 15.5 Å². The van der Waals surface area contributed by atoms with Crippen LogP contribution in [-0.4, -0.2) is 42.3 Å². The average Bonchev–Trinajstić information content (AvgIpc) is 3.27. The van der Waals surface area contributed by atoms with Crippen molar-refractivity contribution in [2.24, 2.45) is 5.92 Å². The molecule has 3 amide bonds. The summed E-state index contributed by atoms with van der Waals surface area (Å²) in [5.41, 5.74) is 0.956. The van der Waals surface area contributed by atoms with Crippen molar-refractivity contribution in [3.8, 4) is 0 Å². The van der Waals surface area contributed by atoms with Crippen molar-refractivity contribution >= 4 is 17.7 Å². The Morgan fingerprint density at radius 1 is 1.00 bits per heavy atom. The van der Waals surface area contributed by atoms with Crippen LogP contribution in [0, 0.1) is 5.92 Å². The second-order valence-electron chi connectivity index (χ2n) is 8.18. The number of rotatable bonds is 4. The number of benzene rings is 1. The maximum Gasteiger partial charge on any atom is 0.242 e. The predicted octanol–water partition coefficient (Wildman–Crippen LogP) is 2.94. The molecule has 1 aromatic carbocycles. The standard InChI is InChI=1S/C23H33N3O3/c27-21-16-20(18-10-4-3-5-11-18)26(15-9-2-1-8-14-24-21)22(28)17-25-23(29)19-12-6-7-13-19/h3-5,10-11,19-20H,1-2,6-9,12-17H2,(H,24,27)(H,25,29). The van der Waals surface area contributed by atoms with Crippen LogP contribution in [0.3, 0.4) is 0 Å². The van der Waals surface area contributed by atoms with Crippen molar-refractivity contribution in [3.63, 3.8) is 0 Å². The SMILES string of the molecule is O=C1CC(c2ccccc2)N(C(=O)CNC(=O)C2CCCC2)CCCCCCN1. The number of nitrogens with one attached hydrogen (secondary N) is 2. The number of carbonyl (C=O) groups is 3. The monoisotopic (exact) mass is 399 g/mol. The van der Waals surface area contributed by atoms with Gasteiger partial charge in [0.25, 0.3) is 0 Å². The molecule has 1 heterocycles. The van der Waals surface area contributed by atoms with Gasteiger partial charge >= 0.3 is 0 Å². The minimum absolute atomic E-state index is 0.000284. The molecule has 2 N–H and O–H groups in total. The number of amides is 3. The van der Waals surface area contributed by atoms with Crippen molar-refractivity contribution in [1.82, 2.24) is 15.5 Å². The fourth-order valence-electron chi connectivity index (χ4n) is 4.37. The smallest absolute Gasteiger partial charge is 0.242 e. The van der Waals surface area contributed by atoms with Crippen LogP contribution in [0.1, 0.15) is 69.4 Å². The van der Waals surface area contributed by atoms with E-state index in [4.69, 9.17) is 0 Å². The molecule has 1 unspecified atom stereocenters. The molecule has 1 aromatic rings. The molecule has 6 nitrogen and oxygen atoms in total. The third-order valence-corrected chi connectivity index (χ3v) is 6.05. The van der Waals surface area contributed by atoms with E-state index in [1.807, 2.05) is 30.3 Å². The first-order valence-corrected chi connectivity index (χ1v) is 11.0. The summed E-state index contributed by atoms with van der Waals surface area (Å²) >= 11 is 0. The zero-order valence-corrected chi connectivity index (χ0v) is 17.2. The molecule has 0 bridgehead atoms. The quantitative estimate of drug-likeness (QED) is 0.817. The van der Waals surface area contributed by atoms with Crippen LogP contribution in [0.25, 0.3) is 0 Å². The van der Waals surface area contributed by atoms with Gasteiger partial charge in [-0.05, 0) is 31.2 Å². The van der Waals surface area contributed by atoms with Gasteiger partial charge in [0.2, 0.25) is 17.7 Å². The van der Waals surface area contributed by atoms with Gasteiger partial charge in [-0.25, -0.2) is 0 Å². The number of hydrogen-bond acceptors (Lipinski definition) is 3. The van der Waals surface area contributed by atoms with Gasteiger partial charge in [0.1, 0.15) is 0 Å². The van der Waals surface area contributed by atoms with E-state index in [-0.39, 0.29) is 42.6 Å². The second-order valence-corrected chi connectivity index (χ2v) is 8.18. The van der Waals surface area contributed by atoms with Gasteiger partial charge in [0, 0.05) is 19.0 Å². The Morgan fingerprint density at radius 3 is 2.48 bits per heavy atom. The van der Waals surface area contributed by atoms with E-state index >= 15 is 0 Å². The summed E-state index contributed by atoms with van der Waals surface area (Å²) in [7, 11) is 0. The fraction of sp³-hybridized carbons (Fsp3) is 0.609. The van der Waals surface area contributed by atoms with Crippen LogP contribution >= 0.6 is 0 Å². The van der Waals surface area contributed by atoms with Crippen molar-refractivity contribution in [1.29, 1.82) is 0 Å². The highest BCUT2D eigenvalue weighted by Crippen LogP contribution is 2.27. The van der Waals surface area contributed by atoms with Gasteiger partial charge in [-0.2, -0.15) is 0 Å². The highest BCUT2D eigenvalue weighted by molar-refractivity contribution is 5.86. The molecule has 0 radical (unpaired) electrons. The van der Waals surface area contributed by atoms with Crippen LogP contribution in [0.2, 0.25) is 0 Å². The molecule has 1 aliphatic heterocycles. The predicted molar refractivity (Wildman–Crippen MR) is 112 cm³/mol. The molecule has 1 saturated heterocycles. The van der Waals surface area contributed by atoms with Gasteiger partial charge in [-0.1, -0.05) is 56.0 Å². The molecule has 0 spiro atoms. The first-order valence-electron chi connectivity index (χ1n) is 11.0. The largest absolute Gasteiger partial charge is 0.356 e. The summed E-state index contributed by atoms with van der Waals surface area (Å²) < 4.78 is 0. The molecule has 1 saturated carbocycles. The molecule has 158 valence electrons. The van der Waals surface area contributed by atoms with Crippen LogP contribution in [0.15, 0.2) is 30.3 Å². The Balaban J connectivity index is 1.73. The fourth-order valence-corrected chi connectivity index (χ4v) is 4.37. The van der Waals surface area contributed by atoms with Crippen LogP contribution in [0.5, 0.6) is 0 Å². The first-order chi connectivity index (χ1) is 14.1. The summed E-state index contributed by atoms with van der Waals surface area (Å²) in [5, 5.41) is 5.83. The molecule has 29 heavy (non-hydrogen) atoms. The Morgan fingerprint density at radius 2 is 1.72 bits per heavy atom. The zero-order valence-electron chi connectivity index (χ0n) is 17.2. The first kappa shape index (κ1) is 21.3. The van der Waals surface area contributed by atoms with E-state index in [9.17, 15) is 14.4 Å². The lowest BCUT2D eigenvalue weighted by Crippen LogP contribution is -2.44. The summed E-state index contributed by atoms with van der Waals surface area (Å²) in [5.74, 6) is -0.116. The van der Waals surface area contributed by atoms with E-state index in [2.05, 4.69) is 10.6 Å². The molecule has 2 fully saturated rings. The molecule has 1 aliphatic carbocycles. The molecule has 2 aliphatic rings. The lowest BCUT2D eigenvalue weighted by Gasteiger charge is -2.32. The summed E-state index contributed by atoms with van der Waals surface area (Å²) in [6.07, 6.45) is 8.17. The maximum absolute atomic E-state index is 13.1. The number of nitrogens with zero attached hydrogens (tertiary/aromatic N) is 1. The zero-order chi connectivity index (χ0) is 20.5. The van der Waals surface area contributed by atoms with E-state index < -0.39 is 0 Å². The summed E-state index contributed by atoms with van der Waals surface area (Å²) in [6, 6.07) is 9.42. The van der Waals surface area contributed by atoms with Gasteiger partial charge in [0.05, 0.1) is 19.0 Å². The van der Waals surface area contributed by atoms with Gasteiger partial charge in [0.15, 0.2) is 0 Å². The highest BCUT2D eigenvalue weighted by atomic mass is 16.2. The minimum Gasteiger partial charge on any atom is -0.356 e. The normalized spacial score (nSPS) is 21.9. The topological polar surface area (TPSA) is 78.5 Å². The third-order valence-electron chi connectivity index (χ3n) is 6.05. The van der Waals surface area contributed by atoms with Crippen molar-refractivity contribution in [3.05, 3.63) is 35.9 Å². The van der Waals surface area contributed by atoms with Crippen LogP contribution in [-0.2, 0) is 14.4 Å². The third kappa shape index (κ3) is 6.31. The Labute approximate surface area is 173 Å². The van der Waals surface area contributed by atoms with E-state index in [1.54, 1.807) is 4.90 Å². The minimum atomic E-state index is -0.315. The van der Waals surface area contributed by atoms with Crippen LogP contribution < -0.4 is 10.6 Å². The van der Waals surface area contributed by atoms with E-state index in [1.165, 1.54) is 0 Å². The summed E-state index contributed by atoms with van der Waals surface area (Å²) in [6.45, 7) is 1.29. The Bertz CT molecular complexity index is 686. The van der Waals surface area contributed by atoms with Crippen LogP contribution in [0.4, 0.5) is 0 Å². The molecular weight excluding hydrogens is 366 g/mol. The van der Waals surface area contributed by atoms with Gasteiger partial charge in [-0.15, -0.1) is 0 Å². The highest BCUT2D eigenvalue weighted by Gasteiger charge is 2.29. The Hall–Kier alpha value is -2.37. The molecule has 1 atom stereocenters. The lowest BCUT2D eigenvalue weighted by molar-refractivity contribution is -0.137. The Kier molecular flexibility index (Phi) is 8.08. The molecule has 0 aromatic heterocycles. The number of carbonyl (C=O) groups excluding carboxylic acids is 3. The van der Waals surface area contributed by atoms with Crippen molar-refractivity contribution in [2.75, 3.05) is 19.6 Å². The molecule has 3 rings (SSSR count). The van der Waals surface area contributed by atoms with E-state index in [0.29, 0.717) is 13.1 Å². The van der Waals surface area contributed by atoms with Crippen molar-refractivity contribution < 1.29 is 14.4 Å². The number of hydrogen-bond donors (Lipinski definition) is 2. The summed E-state index contributed by atoms with van der Waals surface area (Å²) in [4.78, 5) is 39.8.